The molecule has 0 aliphatic heterocycles. The molecule has 2 rings (SSSR count). The number of sulfonamides is 1. The summed E-state index contributed by atoms with van der Waals surface area (Å²) >= 11 is 0. The number of rotatable bonds is 6. The molecule has 0 bridgehead atoms. The van der Waals surface area contributed by atoms with Crippen LogP contribution in [0.25, 0.3) is 0 Å². The topological polar surface area (TPSA) is 71.3 Å². The molecule has 5 nitrogen and oxygen atoms in total. The van der Waals surface area contributed by atoms with Gasteiger partial charge in [0.15, 0.2) is 0 Å². The van der Waals surface area contributed by atoms with Crippen LogP contribution in [0.5, 0.6) is 0 Å². The SMILES string of the molecule is CNCc1ccc(S(=O)(=O)NCc2ccc(F)cc2F)o1. The number of halogens is 2. The third-order valence-corrected chi connectivity index (χ3v) is 3.99. The Balaban J connectivity index is 2.10. The molecule has 0 spiro atoms. The smallest absolute Gasteiger partial charge is 0.274 e. The normalized spacial score (nSPS) is 11.8. The lowest BCUT2D eigenvalue weighted by Crippen LogP contribution is -2.23. The van der Waals surface area contributed by atoms with Crippen LogP contribution in [0.2, 0.25) is 0 Å². The lowest BCUT2D eigenvalue weighted by atomic mass is 10.2. The standard InChI is InChI=1S/C13H14F2N2O3S/c1-16-8-11-4-5-13(20-11)21(18,19)17-7-9-2-3-10(14)6-12(9)15/h2-6,16-17H,7-8H2,1H3. The van der Waals surface area contributed by atoms with E-state index in [0.717, 1.165) is 6.07 Å². The van der Waals surface area contributed by atoms with Crippen molar-refractivity contribution in [1.82, 2.24) is 10.0 Å². The zero-order valence-electron chi connectivity index (χ0n) is 11.2. The molecule has 1 aromatic carbocycles. The van der Waals surface area contributed by atoms with Crippen LogP contribution in [-0.2, 0) is 23.1 Å². The van der Waals surface area contributed by atoms with E-state index >= 15 is 0 Å². The summed E-state index contributed by atoms with van der Waals surface area (Å²) < 4.78 is 57.5. The van der Waals surface area contributed by atoms with Crippen molar-refractivity contribution < 1.29 is 21.6 Å². The van der Waals surface area contributed by atoms with Crippen molar-refractivity contribution in [3.63, 3.8) is 0 Å². The Morgan fingerprint density at radius 3 is 2.57 bits per heavy atom. The first-order chi connectivity index (χ1) is 9.92. The maximum atomic E-state index is 13.4. The molecule has 1 aromatic heterocycles. The monoisotopic (exact) mass is 316 g/mol. The van der Waals surface area contributed by atoms with E-state index in [4.69, 9.17) is 4.42 Å². The van der Waals surface area contributed by atoms with Gasteiger partial charge in [-0.3, -0.25) is 0 Å². The van der Waals surface area contributed by atoms with Gasteiger partial charge in [-0.05, 0) is 25.2 Å². The molecule has 2 N–H and O–H groups in total. The molecule has 0 saturated carbocycles. The quantitative estimate of drug-likeness (QED) is 0.852. The van der Waals surface area contributed by atoms with E-state index in [1.54, 1.807) is 7.05 Å². The summed E-state index contributed by atoms with van der Waals surface area (Å²) in [7, 11) is -2.19. The van der Waals surface area contributed by atoms with Crippen molar-refractivity contribution >= 4 is 10.0 Å². The molecular formula is C13H14F2N2O3S. The molecule has 21 heavy (non-hydrogen) atoms. The number of hydrogen-bond donors (Lipinski definition) is 2. The van der Waals surface area contributed by atoms with E-state index in [1.807, 2.05) is 0 Å². The molecule has 8 heteroatoms. The molecule has 0 aliphatic rings. The fourth-order valence-electron chi connectivity index (χ4n) is 1.68. The largest absolute Gasteiger partial charge is 0.447 e. The molecule has 0 radical (unpaired) electrons. The second-order valence-electron chi connectivity index (χ2n) is 4.31. The van der Waals surface area contributed by atoms with E-state index in [0.29, 0.717) is 18.4 Å². The van der Waals surface area contributed by atoms with Gasteiger partial charge in [0.05, 0.1) is 6.54 Å². The minimum Gasteiger partial charge on any atom is -0.447 e. The molecule has 2 aromatic rings. The van der Waals surface area contributed by atoms with Gasteiger partial charge < -0.3 is 9.73 Å². The van der Waals surface area contributed by atoms with Gasteiger partial charge in [-0.2, -0.15) is 0 Å². The summed E-state index contributed by atoms with van der Waals surface area (Å²) in [5.41, 5.74) is 0.0435. The van der Waals surface area contributed by atoms with Crippen molar-refractivity contribution in [2.24, 2.45) is 0 Å². The van der Waals surface area contributed by atoms with Crippen molar-refractivity contribution in [2.45, 2.75) is 18.2 Å². The number of hydrogen-bond acceptors (Lipinski definition) is 4. The van der Waals surface area contributed by atoms with E-state index in [1.165, 1.54) is 18.2 Å². The lowest BCUT2D eigenvalue weighted by Gasteiger charge is -2.05. The zero-order valence-corrected chi connectivity index (χ0v) is 12.0. The Kier molecular flexibility index (Phi) is 4.71. The van der Waals surface area contributed by atoms with Gasteiger partial charge >= 0.3 is 0 Å². The summed E-state index contributed by atoms with van der Waals surface area (Å²) in [6.45, 7) is 0.0959. The van der Waals surface area contributed by atoms with Crippen LogP contribution in [0.3, 0.4) is 0 Å². The van der Waals surface area contributed by atoms with E-state index in [2.05, 4.69) is 10.0 Å². The average Bonchev–Trinajstić information content (AvgIpc) is 2.88. The Morgan fingerprint density at radius 1 is 1.14 bits per heavy atom. The summed E-state index contributed by atoms with van der Waals surface area (Å²) in [5.74, 6) is -1.07. The Labute approximate surface area is 121 Å². The summed E-state index contributed by atoms with van der Waals surface area (Å²) in [6.07, 6.45) is 0. The van der Waals surface area contributed by atoms with Gasteiger partial charge in [-0.1, -0.05) is 6.07 Å². The van der Waals surface area contributed by atoms with Crippen molar-refractivity contribution in [3.05, 3.63) is 53.3 Å². The highest BCUT2D eigenvalue weighted by atomic mass is 32.2. The molecule has 0 fully saturated rings. The van der Waals surface area contributed by atoms with E-state index in [9.17, 15) is 17.2 Å². The number of benzene rings is 1. The highest BCUT2D eigenvalue weighted by molar-refractivity contribution is 7.89. The zero-order chi connectivity index (χ0) is 15.5. The summed E-state index contributed by atoms with van der Waals surface area (Å²) in [5, 5.41) is 2.57. The predicted molar refractivity (Wildman–Crippen MR) is 71.9 cm³/mol. The van der Waals surface area contributed by atoms with Gasteiger partial charge in [-0.15, -0.1) is 0 Å². The molecule has 0 saturated heterocycles. The van der Waals surface area contributed by atoms with Gasteiger partial charge in [-0.25, -0.2) is 21.9 Å². The van der Waals surface area contributed by atoms with E-state index < -0.39 is 21.7 Å². The summed E-state index contributed by atoms with van der Waals surface area (Å²) in [6, 6.07) is 5.79. The minimum atomic E-state index is -3.89. The van der Waals surface area contributed by atoms with Gasteiger partial charge in [0.25, 0.3) is 10.0 Å². The maximum absolute atomic E-state index is 13.4. The number of nitrogens with one attached hydrogen (secondary N) is 2. The predicted octanol–water partition coefficient (Wildman–Crippen LogP) is 1.76. The van der Waals surface area contributed by atoms with Gasteiger partial charge in [0.1, 0.15) is 17.4 Å². The molecule has 0 unspecified atom stereocenters. The maximum Gasteiger partial charge on any atom is 0.274 e. The first kappa shape index (κ1) is 15.6. The number of furan rings is 1. The van der Waals surface area contributed by atoms with Crippen LogP contribution in [0, 0.1) is 11.6 Å². The van der Waals surface area contributed by atoms with Crippen LogP contribution in [-0.4, -0.2) is 15.5 Å². The Hall–Kier alpha value is -1.77. The highest BCUT2D eigenvalue weighted by Crippen LogP contribution is 2.15. The molecule has 0 amide bonds. The van der Waals surface area contributed by atoms with Crippen molar-refractivity contribution in [2.75, 3.05) is 7.05 Å². The second-order valence-corrected chi connectivity index (χ2v) is 6.01. The Bertz CT molecular complexity index is 729. The van der Waals surface area contributed by atoms with Crippen molar-refractivity contribution in [1.29, 1.82) is 0 Å². The average molecular weight is 316 g/mol. The third-order valence-electron chi connectivity index (χ3n) is 2.72. The van der Waals surface area contributed by atoms with Crippen LogP contribution < -0.4 is 10.0 Å². The molecular weight excluding hydrogens is 302 g/mol. The first-order valence-corrected chi connectivity index (χ1v) is 7.57. The molecule has 1 heterocycles. The van der Waals surface area contributed by atoms with Gasteiger partial charge in [0.2, 0.25) is 5.09 Å². The lowest BCUT2D eigenvalue weighted by molar-refractivity contribution is 0.404. The Morgan fingerprint density at radius 2 is 1.90 bits per heavy atom. The van der Waals surface area contributed by atoms with Gasteiger partial charge in [0, 0.05) is 18.2 Å². The molecule has 114 valence electrons. The van der Waals surface area contributed by atoms with Crippen LogP contribution in [0.4, 0.5) is 8.78 Å². The molecule has 0 atom stereocenters. The van der Waals surface area contributed by atoms with E-state index in [-0.39, 0.29) is 17.2 Å². The fraction of sp³-hybridized carbons (Fsp3) is 0.231. The van der Waals surface area contributed by atoms with Crippen LogP contribution in [0.15, 0.2) is 39.8 Å². The second kappa shape index (κ2) is 6.33. The third kappa shape index (κ3) is 3.87. The molecule has 0 aliphatic carbocycles. The van der Waals surface area contributed by atoms with Crippen molar-refractivity contribution in [3.8, 4) is 0 Å². The fourth-order valence-corrected chi connectivity index (χ4v) is 2.63. The van der Waals surface area contributed by atoms with Crippen LogP contribution in [0.1, 0.15) is 11.3 Å². The van der Waals surface area contributed by atoms with Crippen LogP contribution >= 0.6 is 0 Å². The summed E-state index contributed by atoms with van der Waals surface area (Å²) in [4.78, 5) is 0. The minimum absolute atomic E-state index is 0.0435. The first-order valence-electron chi connectivity index (χ1n) is 6.09. The highest BCUT2D eigenvalue weighted by Gasteiger charge is 2.19.